The van der Waals surface area contributed by atoms with Crippen molar-refractivity contribution in [2.75, 3.05) is 30.9 Å². The zero-order valence-electron chi connectivity index (χ0n) is 16.1. The molecule has 3 rings (SSSR count). The summed E-state index contributed by atoms with van der Waals surface area (Å²) < 4.78 is 13.3. The Morgan fingerprint density at radius 1 is 1.10 bits per heavy atom. The zero-order chi connectivity index (χ0) is 20.8. The van der Waals surface area contributed by atoms with Gasteiger partial charge in [-0.1, -0.05) is 12.1 Å². The molecule has 2 N–H and O–H groups in total. The number of amides is 2. The van der Waals surface area contributed by atoms with Crippen LogP contribution in [0.2, 0.25) is 0 Å². The third-order valence-corrected chi connectivity index (χ3v) is 5.08. The maximum Gasteiger partial charge on any atom is 0.313 e. The maximum absolute atomic E-state index is 13.3. The number of nitrogens with one attached hydrogen (secondary N) is 2. The molecule has 0 saturated carbocycles. The van der Waals surface area contributed by atoms with Gasteiger partial charge in [-0.3, -0.25) is 9.59 Å². The number of thiazole rings is 1. The summed E-state index contributed by atoms with van der Waals surface area (Å²) in [5.41, 5.74) is 3.03. The first-order valence-electron chi connectivity index (χ1n) is 8.99. The summed E-state index contributed by atoms with van der Waals surface area (Å²) in [4.78, 5) is 30.4. The molecule has 0 atom stereocenters. The van der Waals surface area contributed by atoms with Crippen molar-refractivity contribution >= 4 is 34.5 Å². The highest BCUT2D eigenvalue weighted by molar-refractivity contribution is 7.13. The highest BCUT2D eigenvalue weighted by Gasteiger charge is 2.14. The molecule has 3 aromatic rings. The Bertz CT molecular complexity index is 1000. The molecule has 29 heavy (non-hydrogen) atoms. The van der Waals surface area contributed by atoms with Gasteiger partial charge in [0.15, 0.2) is 0 Å². The molecule has 2 amide bonds. The van der Waals surface area contributed by atoms with Crippen LogP contribution in [0.4, 0.5) is 15.8 Å². The predicted octanol–water partition coefficient (Wildman–Crippen LogP) is 3.31. The molecule has 0 fully saturated rings. The summed E-state index contributed by atoms with van der Waals surface area (Å²) in [6.07, 6.45) is 0.475. The molecular weight excluding hydrogens is 391 g/mol. The van der Waals surface area contributed by atoms with Crippen molar-refractivity contribution in [1.29, 1.82) is 0 Å². The van der Waals surface area contributed by atoms with Crippen LogP contribution in [0.3, 0.4) is 0 Å². The molecule has 150 valence electrons. The van der Waals surface area contributed by atoms with Crippen molar-refractivity contribution in [1.82, 2.24) is 10.3 Å². The molecule has 0 aliphatic heterocycles. The number of benzene rings is 2. The summed E-state index contributed by atoms with van der Waals surface area (Å²) in [6, 6.07) is 13.4. The molecule has 0 radical (unpaired) electrons. The van der Waals surface area contributed by atoms with Crippen molar-refractivity contribution in [3.05, 3.63) is 65.4 Å². The van der Waals surface area contributed by atoms with Gasteiger partial charge in [0.2, 0.25) is 0 Å². The van der Waals surface area contributed by atoms with Crippen LogP contribution in [0.25, 0.3) is 10.6 Å². The largest absolute Gasteiger partial charge is 0.378 e. The molecule has 0 aliphatic rings. The SMILES string of the molecule is CN(C)c1ccc(NC(=O)C(=O)NCCc2csc(-c3cccc(F)c3)n2)cc1. The van der Waals surface area contributed by atoms with E-state index in [1.54, 1.807) is 24.3 Å². The molecule has 0 saturated heterocycles. The quantitative estimate of drug-likeness (QED) is 0.609. The lowest BCUT2D eigenvalue weighted by molar-refractivity contribution is -0.136. The molecule has 0 aliphatic carbocycles. The van der Waals surface area contributed by atoms with Gasteiger partial charge >= 0.3 is 11.8 Å². The minimum Gasteiger partial charge on any atom is -0.378 e. The number of rotatable bonds is 6. The fourth-order valence-electron chi connectivity index (χ4n) is 2.59. The smallest absolute Gasteiger partial charge is 0.313 e. The van der Waals surface area contributed by atoms with Gasteiger partial charge in [0.05, 0.1) is 5.69 Å². The molecule has 0 bridgehead atoms. The number of aromatic nitrogens is 1. The van der Waals surface area contributed by atoms with E-state index in [4.69, 9.17) is 0 Å². The Kier molecular flexibility index (Phi) is 6.56. The fraction of sp³-hybridized carbons (Fsp3) is 0.190. The average molecular weight is 412 g/mol. The van der Waals surface area contributed by atoms with E-state index in [-0.39, 0.29) is 12.4 Å². The monoisotopic (exact) mass is 412 g/mol. The maximum atomic E-state index is 13.3. The molecule has 1 heterocycles. The molecule has 6 nitrogen and oxygen atoms in total. The summed E-state index contributed by atoms with van der Waals surface area (Å²) in [7, 11) is 3.84. The average Bonchev–Trinajstić information content (AvgIpc) is 3.17. The molecule has 0 spiro atoms. The lowest BCUT2D eigenvalue weighted by atomic mass is 10.2. The lowest BCUT2D eigenvalue weighted by Gasteiger charge is -2.13. The Morgan fingerprint density at radius 3 is 2.55 bits per heavy atom. The minimum absolute atomic E-state index is 0.276. The minimum atomic E-state index is -0.721. The van der Waals surface area contributed by atoms with E-state index in [2.05, 4.69) is 15.6 Å². The number of anilines is 2. The van der Waals surface area contributed by atoms with Crippen molar-refractivity contribution in [2.24, 2.45) is 0 Å². The van der Waals surface area contributed by atoms with Gasteiger partial charge < -0.3 is 15.5 Å². The van der Waals surface area contributed by atoms with Crippen LogP contribution >= 0.6 is 11.3 Å². The standard InChI is InChI=1S/C21H21FN4O2S/c1-26(2)18-8-6-16(7-9-18)24-20(28)19(27)23-11-10-17-13-29-21(25-17)14-4-3-5-15(22)12-14/h3-9,12-13H,10-11H2,1-2H3,(H,23,27)(H,24,28). The van der Waals surface area contributed by atoms with Crippen molar-refractivity contribution < 1.29 is 14.0 Å². The summed E-state index contributed by atoms with van der Waals surface area (Å²) in [6.45, 7) is 0.276. The van der Waals surface area contributed by atoms with E-state index in [1.807, 2.05) is 36.5 Å². The molecule has 0 unspecified atom stereocenters. The first-order valence-corrected chi connectivity index (χ1v) is 9.87. The van der Waals surface area contributed by atoms with Crippen LogP contribution in [0.15, 0.2) is 53.9 Å². The van der Waals surface area contributed by atoms with Gasteiger partial charge in [-0.25, -0.2) is 9.37 Å². The van der Waals surface area contributed by atoms with Gasteiger partial charge in [-0.15, -0.1) is 11.3 Å². The zero-order valence-corrected chi connectivity index (χ0v) is 16.9. The van der Waals surface area contributed by atoms with E-state index in [0.717, 1.165) is 11.4 Å². The van der Waals surface area contributed by atoms with E-state index >= 15 is 0 Å². The van der Waals surface area contributed by atoms with Crippen LogP contribution < -0.4 is 15.5 Å². The Hall–Kier alpha value is -3.26. The third kappa shape index (κ3) is 5.61. The Balaban J connectivity index is 1.47. The van der Waals surface area contributed by atoms with Gasteiger partial charge in [-0.05, 0) is 36.4 Å². The first kappa shape index (κ1) is 20.5. The number of carbonyl (C=O) groups excluding carboxylic acids is 2. The number of nitrogens with zero attached hydrogens (tertiary/aromatic N) is 2. The van der Waals surface area contributed by atoms with Crippen molar-refractivity contribution in [2.45, 2.75) is 6.42 Å². The van der Waals surface area contributed by atoms with Crippen molar-refractivity contribution in [3.8, 4) is 10.6 Å². The van der Waals surface area contributed by atoms with Crippen LogP contribution in [0.5, 0.6) is 0 Å². The fourth-order valence-corrected chi connectivity index (χ4v) is 3.44. The second kappa shape index (κ2) is 9.29. The number of carbonyl (C=O) groups is 2. The van der Waals surface area contributed by atoms with E-state index in [1.165, 1.54) is 23.5 Å². The second-order valence-corrected chi connectivity index (χ2v) is 7.41. The summed E-state index contributed by atoms with van der Waals surface area (Å²) in [5, 5.41) is 7.73. The second-order valence-electron chi connectivity index (χ2n) is 6.56. The van der Waals surface area contributed by atoms with Gasteiger partial charge in [-0.2, -0.15) is 0 Å². The third-order valence-electron chi connectivity index (χ3n) is 4.14. The normalized spacial score (nSPS) is 10.4. The van der Waals surface area contributed by atoms with Gasteiger partial charge in [0, 0.05) is 49.4 Å². The van der Waals surface area contributed by atoms with E-state index in [0.29, 0.717) is 22.7 Å². The summed E-state index contributed by atoms with van der Waals surface area (Å²) >= 11 is 1.41. The Labute approximate surface area is 172 Å². The Morgan fingerprint density at radius 2 is 1.86 bits per heavy atom. The van der Waals surface area contributed by atoms with E-state index in [9.17, 15) is 14.0 Å². The highest BCUT2D eigenvalue weighted by atomic mass is 32.1. The topological polar surface area (TPSA) is 74.3 Å². The number of hydrogen-bond acceptors (Lipinski definition) is 5. The number of hydrogen-bond donors (Lipinski definition) is 2. The molecule has 8 heteroatoms. The highest BCUT2D eigenvalue weighted by Crippen LogP contribution is 2.24. The van der Waals surface area contributed by atoms with Gasteiger partial charge in [0.25, 0.3) is 0 Å². The van der Waals surface area contributed by atoms with E-state index < -0.39 is 11.8 Å². The van der Waals surface area contributed by atoms with Gasteiger partial charge in [0.1, 0.15) is 10.8 Å². The van der Waals surface area contributed by atoms with Crippen LogP contribution in [-0.2, 0) is 16.0 Å². The van der Waals surface area contributed by atoms with Crippen LogP contribution in [-0.4, -0.2) is 37.4 Å². The first-order chi connectivity index (χ1) is 13.9. The predicted molar refractivity (Wildman–Crippen MR) is 114 cm³/mol. The summed E-state index contributed by atoms with van der Waals surface area (Å²) in [5.74, 6) is -1.74. The molecule has 1 aromatic heterocycles. The molecule has 2 aromatic carbocycles. The van der Waals surface area contributed by atoms with Crippen molar-refractivity contribution in [3.63, 3.8) is 0 Å². The number of halogens is 1. The van der Waals surface area contributed by atoms with Crippen LogP contribution in [0, 0.1) is 5.82 Å². The lowest BCUT2D eigenvalue weighted by Crippen LogP contribution is -2.36. The van der Waals surface area contributed by atoms with Crippen LogP contribution in [0.1, 0.15) is 5.69 Å². The molecular formula is C21H21FN4O2S.